The lowest BCUT2D eigenvalue weighted by atomic mass is 10.2. The molecule has 2 aliphatic heterocycles. The SMILES string of the molecule is O=C(CCN1CCCCO1)N1CCCC1c1nc2ccccc2s1. The quantitative estimate of drug-likeness (QED) is 0.852. The van der Waals surface area contributed by atoms with Crippen molar-refractivity contribution in [1.29, 1.82) is 0 Å². The summed E-state index contributed by atoms with van der Waals surface area (Å²) in [5, 5.41) is 3.03. The summed E-state index contributed by atoms with van der Waals surface area (Å²) in [5.74, 6) is 0.228. The van der Waals surface area contributed by atoms with Gasteiger partial charge in [-0.2, -0.15) is 5.06 Å². The van der Waals surface area contributed by atoms with Crippen LogP contribution < -0.4 is 0 Å². The normalized spacial score (nSPS) is 22.3. The van der Waals surface area contributed by atoms with Gasteiger partial charge in [0, 0.05) is 26.1 Å². The van der Waals surface area contributed by atoms with E-state index in [9.17, 15) is 4.79 Å². The predicted octanol–water partition coefficient (Wildman–Crippen LogP) is 3.38. The predicted molar refractivity (Wildman–Crippen MR) is 94.7 cm³/mol. The number of rotatable bonds is 4. The molecule has 0 saturated carbocycles. The molecule has 1 aromatic heterocycles. The lowest BCUT2D eigenvalue weighted by Gasteiger charge is -2.28. The Balaban J connectivity index is 1.42. The third kappa shape index (κ3) is 3.31. The monoisotopic (exact) mass is 345 g/mol. The van der Waals surface area contributed by atoms with Crippen LogP contribution in [0, 0.1) is 0 Å². The van der Waals surface area contributed by atoms with Crippen LogP contribution in [-0.4, -0.2) is 47.1 Å². The zero-order valence-corrected chi connectivity index (χ0v) is 14.6. The maximum atomic E-state index is 12.7. The summed E-state index contributed by atoms with van der Waals surface area (Å²) in [5.41, 5.74) is 1.04. The largest absolute Gasteiger partial charge is 0.333 e. The maximum Gasteiger partial charge on any atom is 0.224 e. The summed E-state index contributed by atoms with van der Waals surface area (Å²) in [7, 11) is 0. The molecule has 6 heteroatoms. The van der Waals surface area contributed by atoms with Gasteiger partial charge >= 0.3 is 0 Å². The lowest BCUT2D eigenvalue weighted by Crippen LogP contribution is -2.36. The van der Waals surface area contributed by atoms with E-state index in [0.717, 1.165) is 55.9 Å². The highest BCUT2D eigenvalue weighted by Crippen LogP contribution is 2.36. The van der Waals surface area contributed by atoms with Crippen molar-refractivity contribution in [2.45, 2.75) is 38.1 Å². The first-order valence-corrected chi connectivity index (χ1v) is 9.66. The van der Waals surface area contributed by atoms with Crippen LogP contribution in [-0.2, 0) is 9.63 Å². The summed E-state index contributed by atoms with van der Waals surface area (Å²) in [6, 6.07) is 8.36. The summed E-state index contributed by atoms with van der Waals surface area (Å²) in [4.78, 5) is 25.1. The molecule has 128 valence electrons. The van der Waals surface area contributed by atoms with Gasteiger partial charge in [-0.1, -0.05) is 12.1 Å². The minimum absolute atomic E-state index is 0.150. The smallest absolute Gasteiger partial charge is 0.224 e. The van der Waals surface area contributed by atoms with Gasteiger partial charge in [-0.15, -0.1) is 11.3 Å². The van der Waals surface area contributed by atoms with Gasteiger partial charge in [-0.25, -0.2) is 4.98 Å². The number of nitrogens with zero attached hydrogens (tertiary/aromatic N) is 3. The molecule has 4 rings (SSSR count). The number of likely N-dealkylation sites (tertiary alicyclic amines) is 1. The molecule has 0 radical (unpaired) electrons. The zero-order chi connectivity index (χ0) is 16.4. The molecule has 1 aromatic carbocycles. The molecular weight excluding hydrogens is 322 g/mol. The van der Waals surface area contributed by atoms with Gasteiger partial charge in [0.05, 0.1) is 22.9 Å². The second-order valence-electron chi connectivity index (χ2n) is 6.48. The third-order valence-electron chi connectivity index (χ3n) is 4.82. The van der Waals surface area contributed by atoms with Crippen molar-refractivity contribution in [3.63, 3.8) is 0 Å². The molecule has 1 unspecified atom stereocenters. The molecule has 2 aromatic rings. The van der Waals surface area contributed by atoms with E-state index in [0.29, 0.717) is 13.0 Å². The van der Waals surface area contributed by atoms with Crippen LogP contribution in [0.5, 0.6) is 0 Å². The van der Waals surface area contributed by atoms with Crippen molar-refractivity contribution >= 4 is 27.5 Å². The van der Waals surface area contributed by atoms with E-state index < -0.39 is 0 Å². The molecule has 1 amide bonds. The summed E-state index contributed by atoms with van der Waals surface area (Å²) in [6.45, 7) is 3.27. The van der Waals surface area contributed by atoms with E-state index >= 15 is 0 Å². The first-order chi connectivity index (χ1) is 11.8. The zero-order valence-electron chi connectivity index (χ0n) is 13.8. The van der Waals surface area contributed by atoms with Crippen LogP contribution in [0.2, 0.25) is 0 Å². The van der Waals surface area contributed by atoms with Crippen molar-refractivity contribution in [3.8, 4) is 0 Å². The number of hydrogen-bond donors (Lipinski definition) is 0. The van der Waals surface area contributed by atoms with Gasteiger partial charge in [-0.3, -0.25) is 9.63 Å². The summed E-state index contributed by atoms with van der Waals surface area (Å²) >= 11 is 1.72. The fraction of sp³-hybridized carbons (Fsp3) is 0.556. The summed E-state index contributed by atoms with van der Waals surface area (Å²) < 4.78 is 1.20. The number of carbonyl (C=O) groups excluding carboxylic acids is 1. The Morgan fingerprint density at radius 1 is 1.25 bits per heavy atom. The first kappa shape index (κ1) is 16.0. The minimum atomic E-state index is 0.150. The Bertz CT molecular complexity index is 678. The third-order valence-corrected chi connectivity index (χ3v) is 5.96. The average molecular weight is 345 g/mol. The van der Waals surface area contributed by atoms with E-state index in [2.05, 4.69) is 6.07 Å². The van der Waals surface area contributed by atoms with Crippen molar-refractivity contribution < 1.29 is 9.63 Å². The van der Waals surface area contributed by atoms with Crippen LogP contribution in [0.4, 0.5) is 0 Å². The number of fused-ring (bicyclic) bond motifs is 1. The molecule has 2 aliphatic rings. The Labute approximate surface area is 146 Å². The van der Waals surface area contributed by atoms with E-state index in [1.54, 1.807) is 11.3 Å². The van der Waals surface area contributed by atoms with Gasteiger partial charge < -0.3 is 4.90 Å². The number of thiazole rings is 1. The highest BCUT2D eigenvalue weighted by molar-refractivity contribution is 7.18. The molecule has 1 atom stereocenters. The molecular formula is C18H23N3O2S. The topological polar surface area (TPSA) is 45.7 Å². The van der Waals surface area contributed by atoms with Crippen molar-refractivity contribution in [1.82, 2.24) is 14.9 Å². The van der Waals surface area contributed by atoms with Crippen LogP contribution >= 0.6 is 11.3 Å². The van der Waals surface area contributed by atoms with Crippen LogP contribution in [0.1, 0.15) is 43.2 Å². The molecule has 0 aliphatic carbocycles. The standard InChI is InChI=1S/C18H23N3O2S/c22-17(9-12-20-10-3-4-13-23-20)21-11-5-7-15(21)18-19-14-6-1-2-8-16(14)24-18/h1-2,6,8,15H,3-5,7,9-13H2. The molecule has 5 nitrogen and oxygen atoms in total. The number of aromatic nitrogens is 1. The van der Waals surface area contributed by atoms with Gasteiger partial charge in [0.2, 0.25) is 5.91 Å². The Hall–Kier alpha value is -1.50. The number of benzene rings is 1. The molecule has 2 saturated heterocycles. The lowest BCUT2D eigenvalue weighted by molar-refractivity contribution is -0.182. The maximum absolute atomic E-state index is 12.7. The Kier molecular flexibility index (Phi) is 4.78. The number of para-hydroxylation sites is 1. The highest BCUT2D eigenvalue weighted by atomic mass is 32.1. The minimum Gasteiger partial charge on any atom is -0.333 e. The second-order valence-corrected chi connectivity index (χ2v) is 7.55. The molecule has 0 bridgehead atoms. The van der Waals surface area contributed by atoms with Crippen molar-refractivity contribution in [2.75, 3.05) is 26.2 Å². The number of carbonyl (C=O) groups is 1. The Morgan fingerprint density at radius 3 is 3.00 bits per heavy atom. The highest BCUT2D eigenvalue weighted by Gasteiger charge is 2.32. The van der Waals surface area contributed by atoms with E-state index in [-0.39, 0.29) is 11.9 Å². The Morgan fingerprint density at radius 2 is 2.17 bits per heavy atom. The molecule has 2 fully saturated rings. The summed E-state index contributed by atoms with van der Waals surface area (Å²) in [6.07, 6.45) is 4.89. The second kappa shape index (κ2) is 7.17. The van der Waals surface area contributed by atoms with Crippen molar-refractivity contribution in [2.24, 2.45) is 0 Å². The van der Waals surface area contributed by atoms with Gasteiger partial charge in [0.15, 0.2) is 0 Å². The first-order valence-electron chi connectivity index (χ1n) is 8.84. The van der Waals surface area contributed by atoms with Gasteiger partial charge in [0.25, 0.3) is 0 Å². The molecule has 3 heterocycles. The van der Waals surface area contributed by atoms with Gasteiger partial charge in [0.1, 0.15) is 5.01 Å². The average Bonchev–Trinajstić information content (AvgIpc) is 3.26. The fourth-order valence-corrected chi connectivity index (χ4v) is 4.66. The number of hydrogen-bond acceptors (Lipinski definition) is 5. The van der Waals surface area contributed by atoms with E-state index in [1.165, 1.54) is 4.70 Å². The molecule has 0 N–H and O–H groups in total. The molecule has 0 spiro atoms. The van der Waals surface area contributed by atoms with E-state index in [4.69, 9.17) is 9.82 Å². The van der Waals surface area contributed by atoms with Gasteiger partial charge in [-0.05, 0) is 37.8 Å². The van der Waals surface area contributed by atoms with Crippen molar-refractivity contribution in [3.05, 3.63) is 29.3 Å². The number of amides is 1. The fourth-order valence-electron chi connectivity index (χ4n) is 3.54. The molecule has 24 heavy (non-hydrogen) atoms. The van der Waals surface area contributed by atoms with Crippen LogP contribution in [0.3, 0.4) is 0 Å². The van der Waals surface area contributed by atoms with E-state index in [1.807, 2.05) is 28.2 Å². The van der Waals surface area contributed by atoms with Crippen LogP contribution in [0.15, 0.2) is 24.3 Å². The van der Waals surface area contributed by atoms with Crippen LogP contribution in [0.25, 0.3) is 10.2 Å². The number of hydroxylamine groups is 2.